The fourth-order valence-electron chi connectivity index (χ4n) is 2.36. The summed E-state index contributed by atoms with van der Waals surface area (Å²) in [5.41, 5.74) is 0.823. The van der Waals surface area contributed by atoms with Crippen molar-refractivity contribution in [2.24, 2.45) is 5.92 Å². The largest absolute Gasteiger partial charge is 0.338 e. The Bertz CT molecular complexity index is 1040. The van der Waals surface area contributed by atoms with Crippen LogP contribution in [0, 0.1) is 5.92 Å². The maximum atomic E-state index is 12.3. The molecule has 0 fully saturated rings. The molecule has 2 aromatic heterocycles. The first-order valence-corrected chi connectivity index (χ1v) is 9.66. The molecule has 9 nitrogen and oxygen atoms in total. The number of aromatic nitrogens is 4. The van der Waals surface area contributed by atoms with Gasteiger partial charge >= 0.3 is 6.03 Å². The quantitative estimate of drug-likeness (QED) is 0.427. The summed E-state index contributed by atoms with van der Waals surface area (Å²) in [6, 6.07) is 8.77. The zero-order valence-corrected chi connectivity index (χ0v) is 16.2. The molecule has 0 saturated carbocycles. The highest BCUT2D eigenvalue weighted by molar-refractivity contribution is 7.99. The van der Waals surface area contributed by atoms with Crippen molar-refractivity contribution in [3.8, 4) is 5.69 Å². The number of nitrogens with zero attached hydrogens (tertiary/aromatic N) is 3. The Labute approximate surface area is 164 Å². The average molecular weight is 400 g/mol. The molecule has 0 atom stereocenters. The van der Waals surface area contributed by atoms with Crippen LogP contribution in [0.3, 0.4) is 0 Å². The lowest BCUT2D eigenvalue weighted by Gasteiger charge is -2.08. The monoisotopic (exact) mass is 400 g/mol. The standard InChI is InChI=1S/C18H20N6O3S/c1-11(2)8-19-17(27)21-14(25)10-28-18-22-15-13(16(26)23-18)9-20-24(15)12-6-4-3-5-7-12/h3-7,9,11H,8,10H2,1-2H3,(H,22,23,26)(H2,19,21,25,27). The average Bonchev–Trinajstić information content (AvgIpc) is 3.10. The van der Waals surface area contributed by atoms with E-state index in [1.54, 1.807) is 4.68 Å². The maximum Gasteiger partial charge on any atom is 0.321 e. The second kappa shape index (κ2) is 8.70. The molecule has 2 heterocycles. The summed E-state index contributed by atoms with van der Waals surface area (Å²) in [6.45, 7) is 4.38. The Morgan fingerprint density at radius 2 is 2.00 bits per heavy atom. The van der Waals surface area contributed by atoms with Crippen molar-refractivity contribution in [1.82, 2.24) is 30.4 Å². The highest BCUT2D eigenvalue weighted by atomic mass is 32.2. The molecule has 0 spiro atoms. The van der Waals surface area contributed by atoms with Gasteiger partial charge in [0, 0.05) is 6.54 Å². The molecule has 0 aliphatic rings. The van der Waals surface area contributed by atoms with Crippen LogP contribution in [-0.2, 0) is 4.79 Å². The van der Waals surface area contributed by atoms with Crippen molar-refractivity contribution in [2.45, 2.75) is 19.0 Å². The van der Waals surface area contributed by atoms with Crippen molar-refractivity contribution >= 4 is 34.7 Å². The maximum absolute atomic E-state index is 12.3. The first-order valence-electron chi connectivity index (χ1n) is 8.68. The normalized spacial score (nSPS) is 11.0. The van der Waals surface area contributed by atoms with Crippen LogP contribution in [0.1, 0.15) is 13.8 Å². The number of carbonyl (C=O) groups is 2. The third-order valence-corrected chi connectivity index (χ3v) is 4.55. The number of rotatable bonds is 6. The minimum absolute atomic E-state index is 0.0664. The number of imide groups is 1. The summed E-state index contributed by atoms with van der Waals surface area (Å²) in [5, 5.41) is 9.70. The number of H-pyrrole nitrogens is 1. The van der Waals surface area contributed by atoms with E-state index in [0.29, 0.717) is 17.6 Å². The van der Waals surface area contributed by atoms with Crippen LogP contribution < -0.4 is 16.2 Å². The van der Waals surface area contributed by atoms with Gasteiger partial charge in [0.2, 0.25) is 5.91 Å². The molecule has 0 unspecified atom stereocenters. The first kappa shape index (κ1) is 19.6. The molecule has 3 rings (SSSR count). The lowest BCUT2D eigenvalue weighted by molar-refractivity contribution is -0.117. The van der Waals surface area contributed by atoms with Gasteiger partial charge in [0.05, 0.1) is 17.6 Å². The van der Waals surface area contributed by atoms with Crippen LogP contribution in [-0.4, -0.2) is 44.0 Å². The van der Waals surface area contributed by atoms with Gasteiger partial charge in [-0.1, -0.05) is 43.8 Å². The molecule has 0 radical (unpaired) electrons. The number of hydrogen-bond donors (Lipinski definition) is 3. The SMILES string of the molecule is CC(C)CNC(=O)NC(=O)CSc1nc2c(cnn2-c2ccccc2)c(=O)[nH]1. The minimum Gasteiger partial charge on any atom is -0.338 e. The molecule has 28 heavy (non-hydrogen) atoms. The van der Waals surface area contributed by atoms with Crippen molar-refractivity contribution < 1.29 is 9.59 Å². The predicted molar refractivity (Wildman–Crippen MR) is 107 cm³/mol. The lowest BCUT2D eigenvalue weighted by Crippen LogP contribution is -2.41. The number of urea groups is 1. The Hall–Kier alpha value is -3.14. The van der Waals surface area contributed by atoms with Gasteiger partial charge in [0.1, 0.15) is 5.39 Å². The zero-order chi connectivity index (χ0) is 20.1. The smallest absolute Gasteiger partial charge is 0.321 e. The fourth-order valence-corrected chi connectivity index (χ4v) is 3.02. The van der Waals surface area contributed by atoms with E-state index in [4.69, 9.17) is 0 Å². The van der Waals surface area contributed by atoms with Crippen LogP contribution in [0.4, 0.5) is 4.79 Å². The van der Waals surface area contributed by atoms with Crippen molar-refractivity contribution in [2.75, 3.05) is 12.3 Å². The first-order chi connectivity index (χ1) is 13.4. The number of amides is 3. The second-order valence-corrected chi connectivity index (χ2v) is 7.41. The van der Waals surface area contributed by atoms with E-state index in [1.165, 1.54) is 6.20 Å². The number of hydrogen-bond acceptors (Lipinski definition) is 6. The van der Waals surface area contributed by atoms with Gasteiger partial charge in [-0.25, -0.2) is 14.5 Å². The highest BCUT2D eigenvalue weighted by Crippen LogP contribution is 2.17. The molecule has 0 saturated heterocycles. The molecule has 3 N–H and O–H groups in total. The van der Waals surface area contributed by atoms with E-state index in [9.17, 15) is 14.4 Å². The summed E-state index contributed by atoms with van der Waals surface area (Å²) in [7, 11) is 0. The third kappa shape index (κ3) is 4.77. The predicted octanol–water partition coefficient (Wildman–Crippen LogP) is 1.68. The number of fused-ring (bicyclic) bond motifs is 1. The van der Waals surface area contributed by atoms with E-state index in [1.807, 2.05) is 44.2 Å². The van der Waals surface area contributed by atoms with Gasteiger partial charge in [-0.3, -0.25) is 14.9 Å². The summed E-state index contributed by atoms with van der Waals surface area (Å²) in [4.78, 5) is 42.9. The summed E-state index contributed by atoms with van der Waals surface area (Å²) < 4.78 is 1.56. The van der Waals surface area contributed by atoms with Crippen LogP contribution in [0.15, 0.2) is 46.5 Å². The number of aromatic amines is 1. The number of carbonyl (C=O) groups excluding carboxylic acids is 2. The molecular weight excluding hydrogens is 380 g/mol. The lowest BCUT2D eigenvalue weighted by atomic mass is 10.2. The Kier molecular flexibility index (Phi) is 6.09. The molecule has 0 aliphatic carbocycles. The van der Waals surface area contributed by atoms with Gasteiger partial charge in [-0.2, -0.15) is 5.10 Å². The van der Waals surface area contributed by atoms with Crippen molar-refractivity contribution in [1.29, 1.82) is 0 Å². The molecule has 3 amide bonds. The molecule has 1 aromatic carbocycles. The molecule has 3 aromatic rings. The van der Waals surface area contributed by atoms with Gasteiger partial charge in [-0.05, 0) is 18.1 Å². The van der Waals surface area contributed by atoms with E-state index in [0.717, 1.165) is 17.4 Å². The number of nitrogens with one attached hydrogen (secondary N) is 3. The summed E-state index contributed by atoms with van der Waals surface area (Å²) in [5.74, 6) is -0.264. The van der Waals surface area contributed by atoms with E-state index in [-0.39, 0.29) is 22.4 Å². The second-order valence-electron chi connectivity index (χ2n) is 6.44. The number of benzene rings is 1. The molecule has 0 aliphatic heterocycles. The van der Waals surface area contributed by atoms with E-state index < -0.39 is 11.9 Å². The van der Waals surface area contributed by atoms with Gasteiger partial charge in [0.25, 0.3) is 5.56 Å². The van der Waals surface area contributed by atoms with Crippen LogP contribution in [0.2, 0.25) is 0 Å². The van der Waals surface area contributed by atoms with E-state index in [2.05, 4.69) is 25.7 Å². The third-order valence-electron chi connectivity index (χ3n) is 3.68. The van der Waals surface area contributed by atoms with Crippen LogP contribution in [0.25, 0.3) is 16.7 Å². The Morgan fingerprint density at radius 1 is 1.25 bits per heavy atom. The number of thioether (sulfide) groups is 1. The van der Waals surface area contributed by atoms with Crippen molar-refractivity contribution in [3.63, 3.8) is 0 Å². The Morgan fingerprint density at radius 3 is 2.71 bits per heavy atom. The van der Waals surface area contributed by atoms with Crippen molar-refractivity contribution in [3.05, 3.63) is 46.9 Å². The Balaban J connectivity index is 1.71. The highest BCUT2D eigenvalue weighted by Gasteiger charge is 2.14. The summed E-state index contributed by atoms with van der Waals surface area (Å²) >= 11 is 1.03. The number of para-hydroxylation sites is 1. The zero-order valence-electron chi connectivity index (χ0n) is 15.4. The topological polar surface area (TPSA) is 122 Å². The molecule has 146 valence electrons. The molecule has 10 heteroatoms. The van der Waals surface area contributed by atoms with E-state index >= 15 is 0 Å². The van der Waals surface area contributed by atoms with Gasteiger partial charge < -0.3 is 10.3 Å². The summed E-state index contributed by atoms with van der Waals surface area (Å²) in [6.07, 6.45) is 1.45. The van der Waals surface area contributed by atoms with Crippen LogP contribution >= 0.6 is 11.8 Å². The van der Waals surface area contributed by atoms with Crippen LogP contribution in [0.5, 0.6) is 0 Å². The fraction of sp³-hybridized carbons (Fsp3) is 0.278. The van der Waals surface area contributed by atoms with Gasteiger partial charge in [-0.15, -0.1) is 0 Å². The van der Waals surface area contributed by atoms with Gasteiger partial charge in [0.15, 0.2) is 10.8 Å². The minimum atomic E-state index is -0.543. The molecular formula is C18H20N6O3S. The molecule has 0 bridgehead atoms.